The molecular formula is C13H12FN3OS. The number of hydrogen-bond acceptors (Lipinski definition) is 4. The van der Waals surface area contributed by atoms with Crippen molar-refractivity contribution in [2.45, 2.75) is 4.90 Å². The molecule has 2 aromatic rings. The molecule has 0 saturated heterocycles. The van der Waals surface area contributed by atoms with Gasteiger partial charge in [0.2, 0.25) is 5.91 Å². The van der Waals surface area contributed by atoms with Crippen LogP contribution < -0.4 is 11.1 Å². The van der Waals surface area contributed by atoms with Crippen LogP contribution in [0.15, 0.2) is 47.6 Å². The van der Waals surface area contributed by atoms with Crippen LogP contribution >= 0.6 is 11.8 Å². The second kappa shape index (κ2) is 6.19. The van der Waals surface area contributed by atoms with Crippen LogP contribution in [0, 0.1) is 5.82 Å². The number of thioether (sulfide) groups is 1. The van der Waals surface area contributed by atoms with Crippen LogP contribution in [0.1, 0.15) is 0 Å². The van der Waals surface area contributed by atoms with Crippen LogP contribution in [-0.2, 0) is 4.79 Å². The van der Waals surface area contributed by atoms with E-state index in [9.17, 15) is 9.18 Å². The monoisotopic (exact) mass is 277 g/mol. The topological polar surface area (TPSA) is 68.0 Å². The average molecular weight is 277 g/mol. The van der Waals surface area contributed by atoms with Gasteiger partial charge in [0.15, 0.2) is 0 Å². The highest BCUT2D eigenvalue weighted by atomic mass is 32.2. The maximum atomic E-state index is 13.4. The smallest absolute Gasteiger partial charge is 0.234 e. The first-order chi connectivity index (χ1) is 9.15. The first-order valence-electron chi connectivity index (χ1n) is 5.53. The highest BCUT2D eigenvalue weighted by Crippen LogP contribution is 2.19. The van der Waals surface area contributed by atoms with Gasteiger partial charge in [-0.05, 0) is 30.3 Å². The van der Waals surface area contributed by atoms with Crippen molar-refractivity contribution in [1.82, 2.24) is 4.98 Å². The van der Waals surface area contributed by atoms with E-state index in [4.69, 9.17) is 5.73 Å². The molecule has 0 aliphatic rings. The Labute approximate surface area is 114 Å². The van der Waals surface area contributed by atoms with Gasteiger partial charge < -0.3 is 11.1 Å². The normalized spacial score (nSPS) is 10.2. The molecule has 0 saturated carbocycles. The van der Waals surface area contributed by atoms with Gasteiger partial charge in [0, 0.05) is 23.0 Å². The molecule has 1 heterocycles. The maximum Gasteiger partial charge on any atom is 0.234 e. The number of carbonyl (C=O) groups excluding carboxylic acids is 1. The standard InChI is InChI=1S/C13H12FN3OS/c14-11-2-1-9(15)7-12(11)17-13(18)8-19-10-3-5-16-6-4-10/h1-7H,8,15H2,(H,17,18). The third kappa shape index (κ3) is 3.96. The Balaban J connectivity index is 1.93. The Kier molecular flexibility index (Phi) is 4.35. The van der Waals surface area contributed by atoms with Crippen molar-refractivity contribution in [3.63, 3.8) is 0 Å². The third-order valence-electron chi connectivity index (χ3n) is 2.28. The molecule has 0 radical (unpaired) electrons. The van der Waals surface area contributed by atoms with Crippen LogP contribution in [-0.4, -0.2) is 16.6 Å². The Morgan fingerprint density at radius 2 is 2.05 bits per heavy atom. The molecule has 0 fully saturated rings. The predicted octanol–water partition coefficient (Wildman–Crippen LogP) is 2.53. The number of benzene rings is 1. The molecule has 2 rings (SSSR count). The lowest BCUT2D eigenvalue weighted by Gasteiger charge is -2.07. The van der Waals surface area contributed by atoms with Crippen LogP contribution in [0.4, 0.5) is 15.8 Å². The largest absolute Gasteiger partial charge is 0.399 e. The summed E-state index contributed by atoms with van der Waals surface area (Å²) < 4.78 is 13.4. The summed E-state index contributed by atoms with van der Waals surface area (Å²) in [4.78, 5) is 16.5. The summed E-state index contributed by atoms with van der Waals surface area (Å²) in [5.74, 6) is -0.596. The van der Waals surface area contributed by atoms with E-state index in [1.807, 2.05) is 0 Å². The molecule has 0 aliphatic heterocycles. The van der Waals surface area contributed by atoms with Crippen molar-refractivity contribution in [3.8, 4) is 0 Å². The zero-order chi connectivity index (χ0) is 13.7. The quantitative estimate of drug-likeness (QED) is 0.665. The number of amides is 1. The van der Waals surface area contributed by atoms with E-state index in [0.717, 1.165) is 4.90 Å². The van der Waals surface area contributed by atoms with E-state index in [-0.39, 0.29) is 17.3 Å². The molecule has 0 bridgehead atoms. The number of carbonyl (C=O) groups is 1. The van der Waals surface area contributed by atoms with Crippen LogP contribution in [0.5, 0.6) is 0 Å². The van der Waals surface area contributed by atoms with Gasteiger partial charge in [-0.3, -0.25) is 9.78 Å². The van der Waals surface area contributed by atoms with Crippen molar-refractivity contribution >= 4 is 29.0 Å². The van der Waals surface area contributed by atoms with Gasteiger partial charge in [-0.25, -0.2) is 4.39 Å². The second-order valence-corrected chi connectivity index (χ2v) is 4.81. The highest BCUT2D eigenvalue weighted by Gasteiger charge is 2.07. The lowest BCUT2D eigenvalue weighted by Crippen LogP contribution is -2.15. The molecule has 1 aromatic carbocycles. The Morgan fingerprint density at radius 3 is 2.79 bits per heavy atom. The lowest BCUT2D eigenvalue weighted by molar-refractivity contribution is -0.113. The summed E-state index contributed by atoms with van der Waals surface area (Å²) in [6.07, 6.45) is 3.30. The van der Waals surface area contributed by atoms with Crippen LogP contribution in [0.3, 0.4) is 0 Å². The number of nitrogens with two attached hydrogens (primary N) is 1. The summed E-state index contributed by atoms with van der Waals surface area (Å²) >= 11 is 1.35. The van der Waals surface area contributed by atoms with E-state index in [0.29, 0.717) is 5.69 Å². The van der Waals surface area contributed by atoms with E-state index >= 15 is 0 Å². The second-order valence-electron chi connectivity index (χ2n) is 3.76. The number of rotatable bonds is 4. The van der Waals surface area contributed by atoms with Gasteiger partial charge >= 0.3 is 0 Å². The van der Waals surface area contributed by atoms with Crippen molar-refractivity contribution in [1.29, 1.82) is 0 Å². The van der Waals surface area contributed by atoms with E-state index < -0.39 is 5.82 Å². The fourth-order valence-electron chi connectivity index (χ4n) is 1.41. The SMILES string of the molecule is Nc1ccc(F)c(NC(=O)CSc2ccncc2)c1. The number of nitrogen functional groups attached to an aromatic ring is 1. The van der Waals surface area contributed by atoms with Gasteiger partial charge in [-0.2, -0.15) is 0 Å². The van der Waals surface area contributed by atoms with Crippen LogP contribution in [0.25, 0.3) is 0 Å². The molecular weight excluding hydrogens is 265 g/mol. The summed E-state index contributed by atoms with van der Waals surface area (Å²) in [7, 11) is 0. The highest BCUT2D eigenvalue weighted by molar-refractivity contribution is 8.00. The number of halogens is 1. The van der Waals surface area contributed by atoms with Crippen molar-refractivity contribution in [2.75, 3.05) is 16.8 Å². The van der Waals surface area contributed by atoms with Crippen molar-refractivity contribution < 1.29 is 9.18 Å². The van der Waals surface area contributed by atoms with E-state index in [1.54, 1.807) is 24.5 Å². The van der Waals surface area contributed by atoms with Crippen molar-refractivity contribution in [3.05, 3.63) is 48.5 Å². The molecule has 19 heavy (non-hydrogen) atoms. The molecule has 0 atom stereocenters. The van der Waals surface area contributed by atoms with Gasteiger partial charge in [-0.1, -0.05) is 0 Å². The summed E-state index contributed by atoms with van der Waals surface area (Å²) in [6.45, 7) is 0. The molecule has 6 heteroatoms. The molecule has 98 valence electrons. The zero-order valence-corrected chi connectivity index (χ0v) is 10.8. The maximum absolute atomic E-state index is 13.4. The summed E-state index contributed by atoms with van der Waals surface area (Å²) in [5, 5.41) is 2.49. The summed E-state index contributed by atoms with van der Waals surface area (Å²) in [6, 6.07) is 7.67. The number of nitrogens with zero attached hydrogens (tertiary/aromatic N) is 1. The number of anilines is 2. The molecule has 0 unspecified atom stereocenters. The first kappa shape index (κ1) is 13.4. The van der Waals surface area contributed by atoms with Crippen LogP contribution in [0.2, 0.25) is 0 Å². The summed E-state index contributed by atoms with van der Waals surface area (Å²) in [5.41, 5.74) is 6.04. The van der Waals surface area contributed by atoms with Gasteiger partial charge in [-0.15, -0.1) is 11.8 Å². The number of nitrogens with one attached hydrogen (secondary N) is 1. The van der Waals surface area contributed by atoms with Gasteiger partial charge in [0.05, 0.1) is 11.4 Å². The minimum atomic E-state index is -0.503. The molecule has 3 N–H and O–H groups in total. The Hall–Kier alpha value is -2.08. The minimum Gasteiger partial charge on any atom is -0.399 e. The molecule has 4 nitrogen and oxygen atoms in total. The predicted molar refractivity (Wildman–Crippen MR) is 74.4 cm³/mol. The number of hydrogen-bond donors (Lipinski definition) is 2. The van der Waals surface area contributed by atoms with E-state index in [2.05, 4.69) is 10.3 Å². The number of pyridine rings is 1. The number of aromatic nitrogens is 1. The first-order valence-corrected chi connectivity index (χ1v) is 6.51. The Morgan fingerprint density at radius 1 is 1.32 bits per heavy atom. The van der Waals surface area contributed by atoms with Crippen molar-refractivity contribution in [2.24, 2.45) is 0 Å². The average Bonchev–Trinajstić information content (AvgIpc) is 2.42. The lowest BCUT2D eigenvalue weighted by atomic mass is 10.2. The zero-order valence-electron chi connectivity index (χ0n) is 9.97. The third-order valence-corrected chi connectivity index (χ3v) is 3.30. The van der Waals surface area contributed by atoms with Gasteiger partial charge in [0.1, 0.15) is 5.82 Å². The van der Waals surface area contributed by atoms with Gasteiger partial charge in [0.25, 0.3) is 0 Å². The molecule has 1 aromatic heterocycles. The fourth-order valence-corrected chi connectivity index (χ4v) is 2.09. The molecule has 1 amide bonds. The van der Waals surface area contributed by atoms with E-state index in [1.165, 1.54) is 30.0 Å². The minimum absolute atomic E-state index is 0.0975. The molecule has 0 spiro atoms. The molecule has 0 aliphatic carbocycles. The fraction of sp³-hybridized carbons (Fsp3) is 0.0769. The Bertz CT molecular complexity index is 577.